The minimum atomic E-state index is -4.94. The van der Waals surface area contributed by atoms with Crippen molar-refractivity contribution in [2.24, 2.45) is 0 Å². The van der Waals surface area contributed by atoms with Crippen molar-refractivity contribution in [2.75, 3.05) is 39.6 Å². The predicted octanol–water partition coefficient (Wildman–Crippen LogP) is 30.9. The van der Waals surface area contributed by atoms with E-state index in [0.717, 1.165) is 135 Å². The highest BCUT2D eigenvalue weighted by Crippen LogP contribution is 2.45. The Kier molecular flexibility index (Phi) is 91.4. The third kappa shape index (κ3) is 96.2. The monoisotopic (exact) mass is 1740 g/mol. The molecule has 0 saturated heterocycles. The van der Waals surface area contributed by atoms with E-state index in [9.17, 15) is 43.5 Å². The van der Waals surface area contributed by atoms with Crippen LogP contribution in [-0.2, 0) is 55.8 Å². The summed E-state index contributed by atoms with van der Waals surface area (Å²) in [5, 5.41) is 20.7. The second-order valence-electron chi connectivity index (χ2n) is 33.2. The first kappa shape index (κ1) is 117. The average Bonchev–Trinajstić information content (AvgIpc) is 0.890. The van der Waals surface area contributed by atoms with Crippen LogP contribution in [0.3, 0.4) is 0 Å². The Bertz CT molecular complexity index is 2730. The Morgan fingerprint density at radius 2 is 0.438 bits per heavy atom. The molecule has 0 aromatic heterocycles. The molecule has 0 spiro atoms. The van der Waals surface area contributed by atoms with E-state index in [-0.39, 0.29) is 19.3 Å². The zero-order valence-electron chi connectivity index (χ0n) is 77.4. The first-order valence-electron chi connectivity index (χ1n) is 49.5. The van der Waals surface area contributed by atoms with Gasteiger partial charge in [-0.1, -0.05) is 418 Å². The summed E-state index contributed by atoms with van der Waals surface area (Å²) in [4.78, 5) is 59.0. The van der Waals surface area contributed by atoms with Gasteiger partial charge in [0.15, 0.2) is 6.10 Å². The highest BCUT2D eigenvalue weighted by atomic mass is 31.2. The number of allylic oxidation sites excluding steroid dienone is 22. The van der Waals surface area contributed by atoms with E-state index in [2.05, 4.69) is 154 Å². The van der Waals surface area contributed by atoms with Crippen LogP contribution in [0.5, 0.6) is 0 Å². The maximum Gasteiger partial charge on any atom is 0.472 e. The number of aliphatic hydroxyl groups excluding tert-OH is 2. The maximum absolute atomic E-state index is 13.0. The van der Waals surface area contributed by atoms with Crippen LogP contribution in [0.2, 0.25) is 0 Å². The van der Waals surface area contributed by atoms with Gasteiger partial charge in [-0.3, -0.25) is 32.5 Å². The van der Waals surface area contributed by atoms with E-state index >= 15 is 0 Å². The number of hydrogen-bond donors (Lipinski definition) is 4. The van der Waals surface area contributed by atoms with E-state index < -0.39 is 91.5 Å². The first-order valence-corrected chi connectivity index (χ1v) is 52.5. The summed E-state index contributed by atoms with van der Waals surface area (Å²) in [6.07, 6.45) is 120. The number of esters is 3. The van der Waals surface area contributed by atoms with Crippen molar-refractivity contribution in [2.45, 2.75) is 463 Å². The molecule has 0 fully saturated rings. The van der Waals surface area contributed by atoms with Crippen LogP contribution in [0.1, 0.15) is 445 Å². The summed E-state index contributed by atoms with van der Waals surface area (Å²) in [6.45, 7) is 2.57. The van der Waals surface area contributed by atoms with Crippen LogP contribution >= 0.6 is 15.6 Å². The molecule has 0 aromatic carbocycles. The SMILES string of the molecule is CC/C=C\C/C=C\C/C=C\C/C=C\C/C=C\CCCCCCCCCCCCCCCCCCCCCC(=O)OCC(O)COP(=O)(O)OCC(O)COP(=O)(O)OCC(COC(=O)CCCCCCCCCCCCCCCCCCCCC/C=C\C/C=C\C/C=C\C/C=C\CCCCC)OC(=O)CCCCCCC/C=C\C/C=C\CCCCC. The van der Waals surface area contributed by atoms with Gasteiger partial charge >= 0.3 is 33.6 Å². The molecule has 0 amide bonds. The number of phosphoric ester groups is 2. The van der Waals surface area contributed by atoms with Gasteiger partial charge in [0.2, 0.25) is 0 Å². The fourth-order valence-corrected chi connectivity index (χ4v) is 15.4. The van der Waals surface area contributed by atoms with Crippen molar-refractivity contribution < 1.29 is 75.8 Å². The number of aliphatic hydroxyl groups is 2. The molecule has 0 radical (unpaired) electrons. The van der Waals surface area contributed by atoms with Crippen molar-refractivity contribution in [3.63, 3.8) is 0 Å². The largest absolute Gasteiger partial charge is 0.472 e. The normalized spacial score (nSPS) is 14.3. The summed E-state index contributed by atoms with van der Waals surface area (Å²) >= 11 is 0. The minimum absolute atomic E-state index is 0.0902. The summed E-state index contributed by atoms with van der Waals surface area (Å²) in [7, 11) is -9.80. The van der Waals surface area contributed by atoms with E-state index in [1.54, 1.807) is 0 Å². The van der Waals surface area contributed by atoms with Crippen molar-refractivity contribution in [3.05, 3.63) is 134 Å². The van der Waals surface area contributed by atoms with Crippen LogP contribution in [-0.4, -0.2) is 95.9 Å². The van der Waals surface area contributed by atoms with Crippen LogP contribution in [0.25, 0.3) is 0 Å². The van der Waals surface area contributed by atoms with Gasteiger partial charge < -0.3 is 34.2 Å². The topological polar surface area (TPSA) is 231 Å². The molecule has 0 aliphatic heterocycles. The minimum Gasteiger partial charge on any atom is -0.463 e. The maximum atomic E-state index is 13.0. The number of carbonyl (C=O) groups is 3. The molecule has 16 nitrogen and oxygen atoms in total. The lowest BCUT2D eigenvalue weighted by Gasteiger charge is -2.21. The van der Waals surface area contributed by atoms with Crippen LogP contribution in [0.4, 0.5) is 0 Å². The van der Waals surface area contributed by atoms with Crippen molar-refractivity contribution in [3.8, 4) is 0 Å². The van der Waals surface area contributed by atoms with E-state index in [1.807, 2.05) is 0 Å². The summed E-state index contributed by atoms with van der Waals surface area (Å²) < 4.78 is 61.5. The second kappa shape index (κ2) is 94.8. The van der Waals surface area contributed by atoms with Gasteiger partial charge in [-0.2, -0.15) is 0 Å². The molecule has 0 aliphatic rings. The zero-order valence-corrected chi connectivity index (χ0v) is 79.2. The van der Waals surface area contributed by atoms with Crippen LogP contribution < -0.4 is 0 Å². The van der Waals surface area contributed by atoms with Gasteiger partial charge in [0.25, 0.3) is 0 Å². The molecule has 0 saturated carbocycles. The van der Waals surface area contributed by atoms with Gasteiger partial charge in [-0.25, -0.2) is 9.13 Å². The Morgan fingerprint density at radius 3 is 0.694 bits per heavy atom. The molecule has 0 aromatic rings. The smallest absolute Gasteiger partial charge is 0.463 e. The molecular weight excluding hydrogens is 1560 g/mol. The molecule has 0 rings (SSSR count). The van der Waals surface area contributed by atoms with Crippen molar-refractivity contribution >= 4 is 33.6 Å². The molecule has 5 unspecified atom stereocenters. The van der Waals surface area contributed by atoms with Crippen molar-refractivity contribution in [1.29, 1.82) is 0 Å². The third-order valence-corrected chi connectivity index (χ3v) is 23.2. The third-order valence-electron chi connectivity index (χ3n) is 21.3. The summed E-state index contributed by atoms with van der Waals surface area (Å²) in [6, 6.07) is 0. The number of phosphoric acid groups is 2. The fraction of sp³-hybridized carbons (Fsp3) is 0.757. The fourth-order valence-electron chi connectivity index (χ4n) is 13.9. The lowest BCUT2D eigenvalue weighted by atomic mass is 10.0. The Balaban J connectivity index is 4.38. The number of ether oxygens (including phenoxy) is 3. The zero-order chi connectivity index (χ0) is 87.9. The quantitative estimate of drug-likeness (QED) is 0.0146. The van der Waals surface area contributed by atoms with Gasteiger partial charge in [0.1, 0.15) is 25.4 Å². The molecule has 121 heavy (non-hydrogen) atoms. The molecule has 18 heteroatoms. The molecule has 0 heterocycles. The lowest BCUT2D eigenvalue weighted by Crippen LogP contribution is -2.30. The Morgan fingerprint density at radius 1 is 0.240 bits per heavy atom. The van der Waals surface area contributed by atoms with Crippen LogP contribution in [0, 0.1) is 0 Å². The lowest BCUT2D eigenvalue weighted by molar-refractivity contribution is -0.161. The van der Waals surface area contributed by atoms with Crippen molar-refractivity contribution in [1.82, 2.24) is 0 Å². The summed E-state index contributed by atoms with van der Waals surface area (Å²) in [5.41, 5.74) is 0. The number of rotatable bonds is 94. The van der Waals surface area contributed by atoms with E-state index in [1.165, 1.54) is 250 Å². The van der Waals surface area contributed by atoms with Gasteiger partial charge in [0, 0.05) is 19.3 Å². The predicted molar refractivity (Wildman–Crippen MR) is 510 cm³/mol. The first-order chi connectivity index (χ1) is 59.2. The van der Waals surface area contributed by atoms with Gasteiger partial charge in [0.05, 0.1) is 26.4 Å². The molecule has 0 aliphatic carbocycles. The van der Waals surface area contributed by atoms with E-state index in [0.29, 0.717) is 19.3 Å². The Hall–Kier alpha value is -4.31. The molecule has 700 valence electrons. The standard InChI is InChI=1S/C103H182O16P2/c1-4-7-10-13-16-19-22-25-28-30-32-34-36-38-40-42-44-46-48-50-52-54-56-58-60-62-64-66-69-71-74-77-80-83-86-89-101(106)113-92-98(104)93-115-120(109,110)116-94-99(105)95-117-121(111,112)118-97-100(119-103(108)91-88-85-82-79-76-73-68-27-24-21-18-15-12-9-6-3)96-114-102(107)90-87-84-81-78-75-72-70-67-65-63-61-59-57-55-53-51-49-47-45-43-41-39-37-35-33-31-29-26-23-20-17-14-11-8-5-2/h7,10,16-21,25-29,32-35,38-41,68,98-100,104-105H,4-6,8-9,11-15,22-24,30-31,36-37,42-67,69-97H2,1-3H3,(H,109,110)(H,111,112)/b10-7-,19-16-,20-17-,21-18-,28-25-,29-26-,34-32-,35-33-,40-38-,41-39-,68-27-. The molecule has 4 N–H and O–H groups in total. The number of hydrogen-bond acceptors (Lipinski definition) is 14. The highest BCUT2D eigenvalue weighted by molar-refractivity contribution is 7.47. The van der Waals surface area contributed by atoms with Gasteiger partial charge in [-0.15, -0.1) is 0 Å². The van der Waals surface area contributed by atoms with Gasteiger partial charge in [-0.05, 0) is 141 Å². The number of carbonyl (C=O) groups excluding carboxylic acids is 3. The number of unbranched alkanes of at least 4 members (excludes halogenated alkanes) is 49. The second-order valence-corrected chi connectivity index (χ2v) is 36.1. The Labute approximate surface area is 741 Å². The van der Waals surface area contributed by atoms with E-state index in [4.69, 9.17) is 32.3 Å². The average molecular weight is 1740 g/mol. The summed E-state index contributed by atoms with van der Waals surface area (Å²) in [5.74, 6) is -1.57. The molecule has 5 atom stereocenters. The highest BCUT2D eigenvalue weighted by Gasteiger charge is 2.30. The molecular formula is C103H182O16P2. The molecule has 0 bridgehead atoms. The van der Waals surface area contributed by atoms with Crippen LogP contribution in [0.15, 0.2) is 134 Å².